The maximum absolute atomic E-state index is 2.24. The van der Waals surface area contributed by atoms with Crippen molar-refractivity contribution in [2.24, 2.45) is 0 Å². The van der Waals surface area contributed by atoms with E-state index in [1.165, 1.54) is 111 Å². The van der Waals surface area contributed by atoms with Crippen LogP contribution in [-0.4, -0.2) is 0 Å². The number of hydrogen-bond acceptors (Lipinski definition) is 0. The van der Waals surface area contributed by atoms with Crippen LogP contribution in [0.15, 0.2) is 206 Å². The molecular formula is C66H70. The Bertz CT molecular complexity index is 2770. The van der Waals surface area contributed by atoms with Crippen LogP contribution in [0.25, 0.3) is 44.5 Å². The van der Waals surface area contributed by atoms with Crippen LogP contribution in [0.2, 0.25) is 0 Å². The summed E-state index contributed by atoms with van der Waals surface area (Å²) in [7, 11) is 0. The van der Waals surface area contributed by atoms with E-state index in [1.807, 2.05) is 0 Å². The minimum atomic E-state index is 1.29. The van der Waals surface area contributed by atoms with Gasteiger partial charge in [-0.2, -0.15) is 0 Å². The monoisotopic (exact) mass is 863 g/mol. The second kappa shape index (κ2) is 24.9. The van der Waals surface area contributed by atoms with E-state index in [9.17, 15) is 0 Å². The normalized spacial score (nSPS) is 10.1. The minimum absolute atomic E-state index is 1.29. The van der Waals surface area contributed by atoms with E-state index >= 15 is 0 Å². The zero-order valence-electron chi connectivity index (χ0n) is 41.6. The van der Waals surface area contributed by atoms with Gasteiger partial charge in [0.2, 0.25) is 0 Å². The molecule has 0 aliphatic carbocycles. The highest BCUT2D eigenvalue weighted by Crippen LogP contribution is 2.27. The number of hydrogen-bond donors (Lipinski definition) is 0. The van der Waals surface area contributed by atoms with Gasteiger partial charge in [-0.3, -0.25) is 0 Å². The summed E-state index contributed by atoms with van der Waals surface area (Å²) in [6.07, 6.45) is 0. The maximum atomic E-state index is 2.24. The Hall–Kier alpha value is -7.02. The molecule has 0 unspecified atom stereocenters. The molecule has 9 aromatic rings. The highest BCUT2D eigenvalue weighted by molar-refractivity contribution is 5.70. The smallest absolute Gasteiger partial charge is 0.0152 e. The number of benzene rings is 9. The summed E-state index contributed by atoms with van der Waals surface area (Å²) in [5, 5.41) is 0. The molecule has 0 saturated carbocycles. The zero-order valence-corrected chi connectivity index (χ0v) is 41.6. The fourth-order valence-electron chi connectivity index (χ4n) is 7.70. The van der Waals surface area contributed by atoms with Crippen LogP contribution in [0, 0.1) is 83.1 Å². The Morgan fingerprint density at radius 2 is 0.455 bits per heavy atom. The van der Waals surface area contributed by atoms with E-state index in [4.69, 9.17) is 0 Å². The van der Waals surface area contributed by atoms with Gasteiger partial charge in [0.05, 0.1) is 0 Å². The molecule has 0 fully saturated rings. The lowest BCUT2D eigenvalue weighted by molar-refractivity contribution is 1.24. The number of aryl methyl sites for hydroxylation is 12. The predicted molar refractivity (Wildman–Crippen MR) is 291 cm³/mol. The summed E-state index contributed by atoms with van der Waals surface area (Å²) < 4.78 is 0. The molecule has 9 rings (SSSR count). The maximum Gasteiger partial charge on any atom is -0.0152 e. The summed E-state index contributed by atoms with van der Waals surface area (Å²) in [5.41, 5.74) is 26.6. The predicted octanol–water partition coefficient (Wildman–Crippen LogP) is 18.8. The van der Waals surface area contributed by atoms with E-state index in [-0.39, 0.29) is 0 Å². The standard InChI is InChI=1S/4C14H14.C10H14/c1-11-5-3-7-13(9-11)14-8-4-6-12(2)10-14;1-11-7-3-5-9-13(11)14-10-6-4-8-12(14)2;1-11-6-8-13(9-7-11)14-5-3-4-12(2)10-14;1-11-7-9-13(10-8-11)14-6-4-3-5-12(14)2;1-7-5-9(3)10(4)6-8(7)2/h4*3-10H,1-2H3;5-6H,1-4H3. The zero-order chi connectivity index (χ0) is 47.6. The molecular weight excluding hydrogens is 793 g/mol. The molecule has 0 aliphatic rings. The van der Waals surface area contributed by atoms with Gasteiger partial charge in [0.1, 0.15) is 0 Å². The molecule has 0 nitrogen and oxygen atoms in total. The van der Waals surface area contributed by atoms with Crippen LogP contribution in [0.1, 0.15) is 66.8 Å². The molecule has 0 saturated heterocycles. The first kappa shape index (κ1) is 50.0. The van der Waals surface area contributed by atoms with Gasteiger partial charge in [0.25, 0.3) is 0 Å². The van der Waals surface area contributed by atoms with Gasteiger partial charge in [-0.25, -0.2) is 0 Å². The molecule has 0 N–H and O–H groups in total. The van der Waals surface area contributed by atoms with Crippen LogP contribution in [0.3, 0.4) is 0 Å². The van der Waals surface area contributed by atoms with Gasteiger partial charge >= 0.3 is 0 Å². The van der Waals surface area contributed by atoms with E-state index in [1.54, 1.807) is 0 Å². The molecule has 0 heterocycles. The molecule has 9 aromatic carbocycles. The van der Waals surface area contributed by atoms with Gasteiger partial charge in [0, 0.05) is 0 Å². The fraction of sp³-hybridized carbons (Fsp3) is 0.182. The van der Waals surface area contributed by atoms with Gasteiger partial charge in [-0.05, 0) is 167 Å². The second-order valence-electron chi connectivity index (χ2n) is 17.8. The molecule has 0 spiro atoms. The van der Waals surface area contributed by atoms with Crippen molar-refractivity contribution in [1.82, 2.24) is 0 Å². The average molecular weight is 863 g/mol. The van der Waals surface area contributed by atoms with Crippen LogP contribution >= 0.6 is 0 Å². The quantitative estimate of drug-likeness (QED) is 0.165. The van der Waals surface area contributed by atoms with E-state index in [2.05, 4.69) is 289 Å². The molecule has 0 heteroatoms. The lowest BCUT2D eigenvalue weighted by atomic mass is 9.97. The van der Waals surface area contributed by atoms with E-state index in [0.717, 1.165) is 0 Å². The summed E-state index contributed by atoms with van der Waals surface area (Å²) in [6, 6.07) is 73.1. The Kier molecular flexibility index (Phi) is 18.8. The van der Waals surface area contributed by atoms with Crippen molar-refractivity contribution in [3.05, 3.63) is 273 Å². The van der Waals surface area contributed by atoms with Crippen LogP contribution in [-0.2, 0) is 0 Å². The summed E-state index contributed by atoms with van der Waals surface area (Å²) in [4.78, 5) is 0. The van der Waals surface area contributed by atoms with Crippen molar-refractivity contribution in [1.29, 1.82) is 0 Å². The molecule has 0 atom stereocenters. The molecule has 0 radical (unpaired) electrons. The molecule has 0 bridgehead atoms. The lowest BCUT2D eigenvalue weighted by Crippen LogP contribution is -1.86. The fourth-order valence-corrected chi connectivity index (χ4v) is 7.70. The highest BCUT2D eigenvalue weighted by atomic mass is 14.1. The first-order valence-corrected chi connectivity index (χ1v) is 23.2. The van der Waals surface area contributed by atoms with Crippen molar-refractivity contribution in [3.8, 4) is 44.5 Å². The van der Waals surface area contributed by atoms with Crippen molar-refractivity contribution in [2.45, 2.75) is 83.1 Å². The van der Waals surface area contributed by atoms with Gasteiger partial charge in [0.15, 0.2) is 0 Å². The summed E-state index contributed by atoms with van der Waals surface area (Å²) in [5.74, 6) is 0. The largest absolute Gasteiger partial charge is 0.0620 e. The second-order valence-corrected chi connectivity index (χ2v) is 17.8. The highest BCUT2D eigenvalue weighted by Gasteiger charge is 2.03. The Morgan fingerprint density at radius 1 is 0.167 bits per heavy atom. The van der Waals surface area contributed by atoms with E-state index in [0.29, 0.717) is 0 Å². The third kappa shape index (κ3) is 15.3. The Labute approximate surface area is 398 Å². The third-order valence-corrected chi connectivity index (χ3v) is 12.0. The van der Waals surface area contributed by atoms with Crippen LogP contribution in [0.5, 0.6) is 0 Å². The Balaban J connectivity index is 0.000000155. The lowest BCUT2D eigenvalue weighted by Gasteiger charge is -2.08. The van der Waals surface area contributed by atoms with Gasteiger partial charge in [-0.1, -0.05) is 234 Å². The van der Waals surface area contributed by atoms with Crippen molar-refractivity contribution in [3.63, 3.8) is 0 Å². The van der Waals surface area contributed by atoms with Gasteiger partial charge in [-0.15, -0.1) is 0 Å². The number of rotatable bonds is 4. The van der Waals surface area contributed by atoms with Crippen molar-refractivity contribution in [2.75, 3.05) is 0 Å². The van der Waals surface area contributed by atoms with Crippen molar-refractivity contribution >= 4 is 0 Å². The van der Waals surface area contributed by atoms with E-state index < -0.39 is 0 Å². The van der Waals surface area contributed by atoms with Crippen LogP contribution < -0.4 is 0 Å². The minimum Gasteiger partial charge on any atom is -0.0620 e. The van der Waals surface area contributed by atoms with Gasteiger partial charge < -0.3 is 0 Å². The molecule has 0 aliphatic heterocycles. The average Bonchev–Trinajstić information content (AvgIpc) is 3.31. The van der Waals surface area contributed by atoms with Crippen LogP contribution in [0.4, 0.5) is 0 Å². The molecule has 334 valence electrons. The summed E-state index contributed by atoms with van der Waals surface area (Å²) >= 11 is 0. The third-order valence-electron chi connectivity index (χ3n) is 12.0. The summed E-state index contributed by atoms with van der Waals surface area (Å²) in [6.45, 7) is 25.7. The first-order chi connectivity index (χ1) is 31.7. The topological polar surface area (TPSA) is 0 Å². The first-order valence-electron chi connectivity index (χ1n) is 23.2. The Morgan fingerprint density at radius 3 is 0.773 bits per heavy atom. The molecule has 66 heavy (non-hydrogen) atoms. The van der Waals surface area contributed by atoms with Crippen molar-refractivity contribution < 1.29 is 0 Å². The molecule has 0 aromatic heterocycles. The SMILES string of the molecule is Cc1cc(C)c(C)cc1C.Cc1ccc(-c2cccc(C)c2)cc1.Cc1ccc(-c2ccccc2C)cc1.Cc1cccc(-c2cccc(C)c2)c1.Cc1ccccc1-c1ccccc1C. The molecule has 0 amide bonds.